The zero-order chi connectivity index (χ0) is 15.5. The lowest BCUT2D eigenvalue weighted by molar-refractivity contribution is -0.144. The number of hydrogen-bond acceptors (Lipinski definition) is 6. The van der Waals surface area contributed by atoms with Gasteiger partial charge in [-0.3, -0.25) is 4.79 Å². The van der Waals surface area contributed by atoms with Crippen LogP contribution in [0.25, 0.3) is 0 Å². The van der Waals surface area contributed by atoms with Gasteiger partial charge in [-0.2, -0.15) is 4.98 Å². The Bertz CT molecular complexity index is 515. The van der Waals surface area contributed by atoms with Crippen molar-refractivity contribution in [1.82, 2.24) is 15.0 Å². The molecule has 0 radical (unpaired) electrons. The third-order valence-electron chi connectivity index (χ3n) is 4.22. The van der Waals surface area contributed by atoms with E-state index in [1.54, 1.807) is 14.0 Å². The lowest BCUT2D eigenvalue weighted by Gasteiger charge is -2.25. The molecule has 122 valence electrons. The first-order valence-electron chi connectivity index (χ1n) is 7.95. The maximum absolute atomic E-state index is 12.6. The van der Waals surface area contributed by atoms with Crippen molar-refractivity contribution in [3.63, 3.8) is 0 Å². The Kier molecular flexibility index (Phi) is 4.73. The molecule has 1 amide bonds. The number of likely N-dealkylation sites (tertiary alicyclic amines) is 1. The SMILES string of the molecule is COCCO[C@@H](C)C(=O)N1CCC[C@H]1c1noc(C2CC2)n1. The second-order valence-corrected chi connectivity index (χ2v) is 5.96. The normalized spacial score (nSPS) is 23.0. The Morgan fingerprint density at radius 3 is 2.95 bits per heavy atom. The van der Waals surface area contributed by atoms with Gasteiger partial charge in [0.15, 0.2) is 5.82 Å². The number of amides is 1. The summed E-state index contributed by atoms with van der Waals surface area (Å²) in [6.45, 7) is 3.39. The minimum Gasteiger partial charge on any atom is -0.382 e. The van der Waals surface area contributed by atoms with Crippen molar-refractivity contribution < 1.29 is 18.8 Å². The lowest BCUT2D eigenvalue weighted by atomic mass is 10.2. The summed E-state index contributed by atoms with van der Waals surface area (Å²) in [5.41, 5.74) is 0. The van der Waals surface area contributed by atoms with Crippen molar-refractivity contribution in [3.05, 3.63) is 11.7 Å². The number of rotatable bonds is 7. The molecule has 2 heterocycles. The number of aromatic nitrogens is 2. The highest BCUT2D eigenvalue weighted by atomic mass is 16.5. The van der Waals surface area contributed by atoms with Crippen molar-refractivity contribution in [2.24, 2.45) is 0 Å². The van der Waals surface area contributed by atoms with E-state index in [-0.39, 0.29) is 11.9 Å². The molecule has 2 aliphatic rings. The largest absolute Gasteiger partial charge is 0.382 e. The quantitative estimate of drug-likeness (QED) is 0.713. The van der Waals surface area contributed by atoms with Gasteiger partial charge in [0.1, 0.15) is 6.10 Å². The Hall–Kier alpha value is -1.47. The summed E-state index contributed by atoms with van der Waals surface area (Å²) in [7, 11) is 1.61. The number of ether oxygens (including phenoxy) is 2. The highest BCUT2D eigenvalue weighted by Gasteiger charge is 2.37. The molecule has 2 fully saturated rings. The first-order valence-corrected chi connectivity index (χ1v) is 7.95. The number of carbonyl (C=O) groups excluding carboxylic acids is 1. The third kappa shape index (κ3) is 3.30. The van der Waals surface area contributed by atoms with Gasteiger partial charge in [-0.25, -0.2) is 0 Å². The fourth-order valence-corrected chi connectivity index (χ4v) is 2.79. The molecule has 7 nitrogen and oxygen atoms in total. The fraction of sp³-hybridized carbons (Fsp3) is 0.800. The second-order valence-electron chi connectivity index (χ2n) is 5.96. The van der Waals surface area contributed by atoms with Gasteiger partial charge in [0.25, 0.3) is 5.91 Å². The molecule has 2 atom stereocenters. The van der Waals surface area contributed by atoms with Gasteiger partial charge < -0.3 is 18.9 Å². The van der Waals surface area contributed by atoms with E-state index in [9.17, 15) is 4.79 Å². The van der Waals surface area contributed by atoms with Crippen molar-refractivity contribution in [2.45, 2.75) is 50.7 Å². The summed E-state index contributed by atoms with van der Waals surface area (Å²) in [6.07, 6.45) is 3.60. The van der Waals surface area contributed by atoms with Crippen molar-refractivity contribution in [3.8, 4) is 0 Å². The number of hydrogen-bond donors (Lipinski definition) is 0. The first-order chi connectivity index (χ1) is 10.7. The van der Waals surface area contributed by atoms with E-state index in [1.165, 1.54) is 0 Å². The molecule has 1 aromatic rings. The Morgan fingerprint density at radius 1 is 1.41 bits per heavy atom. The molecule has 3 rings (SSSR count). The topological polar surface area (TPSA) is 77.7 Å². The van der Waals surface area contributed by atoms with Crippen LogP contribution in [-0.2, 0) is 14.3 Å². The van der Waals surface area contributed by atoms with Crippen LogP contribution in [0.3, 0.4) is 0 Å². The zero-order valence-corrected chi connectivity index (χ0v) is 13.2. The van der Waals surface area contributed by atoms with Gasteiger partial charge in [0, 0.05) is 19.6 Å². The number of methoxy groups -OCH3 is 1. The Labute approximate surface area is 129 Å². The summed E-state index contributed by atoms with van der Waals surface area (Å²) >= 11 is 0. The molecule has 0 N–H and O–H groups in total. The molecule has 1 aromatic heterocycles. The smallest absolute Gasteiger partial charge is 0.252 e. The third-order valence-corrected chi connectivity index (χ3v) is 4.22. The minimum absolute atomic E-state index is 0.0172. The Morgan fingerprint density at radius 2 is 2.23 bits per heavy atom. The zero-order valence-electron chi connectivity index (χ0n) is 13.2. The van der Waals surface area contributed by atoms with Crippen LogP contribution in [0.4, 0.5) is 0 Å². The Balaban J connectivity index is 1.62. The van der Waals surface area contributed by atoms with Crippen molar-refractivity contribution in [1.29, 1.82) is 0 Å². The first kappa shape index (κ1) is 15.4. The fourth-order valence-electron chi connectivity index (χ4n) is 2.79. The molecule has 0 aromatic carbocycles. The number of carbonyl (C=O) groups is 1. The molecule has 1 saturated heterocycles. The van der Waals surface area contributed by atoms with E-state index < -0.39 is 6.10 Å². The van der Waals surface area contributed by atoms with Crippen LogP contribution in [-0.4, -0.2) is 53.9 Å². The molecule has 0 unspecified atom stereocenters. The molecule has 1 aliphatic heterocycles. The van der Waals surface area contributed by atoms with E-state index >= 15 is 0 Å². The highest BCUT2D eigenvalue weighted by Crippen LogP contribution is 2.40. The van der Waals surface area contributed by atoms with Crippen LogP contribution in [0.5, 0.6) is 0 Å². The maximum Gasteiger partial charge on any atom is 0.252 e. The molecule has 0 spiro atoms. The summed E-state index contributed by atoms with van der Waals surface area (Å²) in [5, 5.41) is 4.09. The van der Waals surface area contributed by atoms with Gasteiger partial charge in [-0.1, -0.05) is 5.16 Å². The highest BCUT2D eigenvalue weighted by molar-refractivity contribution is 5.81. The molecule has 7 heteroatoms. The second kappa shape index (κ2) is 6.75. The van der Waals surface area contributed by atoms with Gasteiger partial charge in [-0.05, 0) is 32.6 Å². The van der Waals surface area contributed by atoms with Gasteiger partial charge >= 0.3 is 0 Å². The van der Waals surface area contributed by atoms with E-state index in [0.717, 1.165) is 38.1 Å². The molecule has 1 aliphatic carbocycles. The average Bonchev–Trinajstić information content (AvgIpc) is 3.06. The van der Waals surface area contributed by atoms with Crippen LogP contribution in [0, 0.1) is 0 Å². The lowest BCUT2D eigenvalue weighted by Crippen LogP contribution is -2.39. The summed E-state index contributed by atoms with van der Waals surface area (Å²) in [5.74, 6) is 1.77. The van der Waals surface area contributed by atoms with E-state index in [4.69, 9.17) is 14.0 Å². The number of nitrogens with zero attached hydrogens (tertiary/aromatic N) is 3. The molecule has 22 heavy (non-hydrogen) atoms. The van der Waals surface area contributed by atoms with Crippen molar-refractivity contribution >= 4 is 5.91 Å². The van der Waals surface area contributed by atoms with Crippen molar-refractivity contribution in [2.75, 3.05) is 26.9 Å². The van der Waals surface area contributed by atoms with Gasteiger partial charge in [0.05, 0.1) is 19.3 Å². The molecule has 0 bridgehead atoms. The maximum atomic E-state index is 12.6. The van der Waals surface area contributed by atoms with Gasteiger partial charge in [-0.15, -0.1) is 0 Å². The molecule has 1 saturated carbocycles. The van der Waals surface area contributed by atoms with Crippen LogP contribution in [0.15, 0.2) is 4.52 Å². The van der Waals surface area contributed by atoms with Crippen LogP contribution >= 0.6 is 0 Å². The predicted octanol–water partition coefficient (Wildman–Crippen LogP) is 1.66. The van der Waals surface area contributed by atoms with E-state index in [1.807, 2.05) is 4.90 Å². The standard InChI is InChI=1S/C15H23N3O4/c1-10(21-9-8-20-2)15(19)18-7-3-4-12(18)13-16-14(22-17-13)11-5-6-11/h10-12H,3-9H2,1-2H3/t10-,12-/m0/s1. The summed E-state index contributed by atoms with van der Waals surface area (Å²) in [6, 6.07) is -0.0859. The monoisotopic (exact) mass is 309 g/mol. The van der Waals surface area contributed by atoms with Crippen LogP contribution < -0.4 is 0 Å². The summed E-state index contributed by atoms with van der Waals surface area (Å²) in [4.78, 5) is 18.9. The molecular weight excluding hydrogens is 286 g/mol. The van der Waals surface area contributed by atoms with Crippen LogP contribution in [0.2, 0.25) is 0 Å². The van der Waals surface area contributed by atoms with E-state index in [0.29, 0.717) is 25.0 Å². The van der Waals surface area contributed by atoms with Crippen LogP contribution in [0.1, 0.15) is 56.3 Å². The summed E-state index contributed by atoms with van der Waals surface area (Å²) < 4.78 is 15.8. The minimum atomic E-state index is -0.481. The predicted molar refractivity (Wildman–Crippen MR) is 77.3 cm³/mol. The average molecular weight is 309 g/mol. The molecular formula is C15H23N3O4. The van der Waals surface area contributed by atoms with Gasteiger partial charge in [0.2, 0.25) is 5.89 Å². The van der Waals surface area contributed by atoms with E-state index in [2.05, 4.69) is 10.1 Å².